The van der Waals surface area contributed by atoms with E-state index in [1.165, 1.54) is 12.1 Å². The van der Waals surface area contributed by atoms with Crippen molar-refractivity contribution in [3.63, 3.8) is 0 Å². The Balaban J connectivity index is 0.00000243. The minimum Gasteiger partial charge on any atom is -0.491 e. The van der Waals surface area contributed by atoms with Gasteiger partial charge in [-0.15, -0.1) is 12.4 Å². The van der Waals surface area contributed by atoms with E-state index in [1.807, 2.05) is 19.2 Å². The average Bonchev–Trinajstić information content (AvgIpc) is 3.16. The summed E-state index contributed by atoms with van der Waals surface area (Å²) in [6.45, 7) is 3.67. The predicted molar refractivity (Wildman–Crippen MR) is 99.1 cm³/mol. The van der Waals surface area contributed by atoms with Gasteiger partial charge >= 0.3 is 0 Å². The fourth-order valence-electron chi connectivity index (χ4n) is 3.10. The van der Waals surface area contributed by atoms with Gasteiger partial charge in [0.2, 0.25) is 5.91 Å². The molecule has 1 saturated heterocycles. The molecule has 0 aliphatic carbocycles. The molecule has 0 spiro atoms. The molecular formula is C18H24ClFN4O2. The van der Waals surface area contributed by atoms with E-state index in [4.69, 9.17) is 4.74 Å². The van der Waals surface area contributed by atoms with Crippen molar-refractivity contribution in [1.82, 2.24) is 20.4 Å². The zero-order valence-corrected chi connectivity index (χ0v) is 15.5. The molecule has 3 rings (SSSR count). The number of nitrogens with zero attached hydrogens (tertiary/aromatic N) is 2. The van der Waals surface area contributed by atoms with Gasteiger partial charge in [-0.05, 0) is 51.1 Å². The molecule has 1 unspecified atom stereocenters. The Morgan fingerprint density at radius 1 is 1.42 bits per heavy atom. The molecule has 26 heavy (non-hydrogen) atoms. The number of amides is 1. The van der Waals surface area contributed by atoms with Crippen LogP contribution in [0.3, 0.4) is 0 Å². The van der Waals surface area contributed by atoms with Crippen LogP contribution in [0.1, 0.15) is 19.8 Å². The van der Waals surface area contributed by atoms with Crippen molar-refractivity contribution < 1.29 is 13.9 Å². The van der Waals surface area contributed by atoms with E-state index < -0.39 is 5.54 Å². The fourth-order valence-corrected chi connectivity index (χ4v) is 3.10. The number of aromatic nitrogens is 2. The Morgan fingerprint density at radius 2 is 2.19 bits per heavy atom. The predicted octanol–water partition coefficient (Wildman–Crippen LogP) is 2.11. The summed E-state index contributed by atoms with van der Waals surface area (Å²) in [5, 5.41) is 10.6. The van der Waals surface area contributed by atoms with Gasteiger partial charge in [-0.1, -0.05) is 6.07 Å². The van der Waals surface area contributed by atoms with Crippen LogP contribution in [0.25, 0.3) is 0 Å². The molecule has 1 fully saturated rings. The summed E-state index contributed by atoms with van der Waals surface area (Å²) in [5.74, 6) is 0.0410. The van der Waals surface area contributed by atoms with Crippen molar-refractivity contribution in [2.45, 2.75) is 31.3 Å². The second kappa shape index (κ2) is 9.00. The van der Waals surface area contributed by atoms with E-state index in [0.29, 0.717) is 18.6 Å². The third-order valence-corrected chi connectivity index (χ3v) is 4.47. The molecule has 142 valence electrons. The molecule has 1 aliphatic rings. The van der Waals surface area contributed by atoms with Gasteiger partial charge in [0.05, 0.1) is 6.04 Å². The van der Waals surface area contributed by atoms with Crippen LogP contribution in [-0.2, 0) is 10.3 Å². The number of hydrogen-bond acceptors (Lipinski definition) is 4. The van der Waals surface area contributed by atoms with Gasteiger partial charge in [-0.3, -0.25) is 9.48 Å². The Kier molecular flexibility index (Phi) is 6.99. The first kappa shape index (κ1) is 20.2. The third kappa shape index (κ3) is 4.53. The van der Waals surface area contributed by atoms with Crippen LogP contribution in [0.4, 0.5) is 4.39 Å². The Morgan fingerprint density at radius 3 is 2.85 bits per heavy atom. The summed E-state index contributed by atoms with van der Waals surface area (Å²) in [6, 6.07) is 7.59. The maximum atomic E-state index is 13.2. The summed E-state index contributed by atoms with van der Waals surface area (Å²) in [6.07, 6.45) is 4.88. The molecule has 0 saturated carbocycles. The summed E-state index contributed by atoms with van der Waals surface area (Å²) in [5.41, 5.74) is -0.679. The van der Waals surface area contributed by atoms with Crippen LogP contribution in [0, 0.1) is 5.82 Å². The first-order valence-electron chi connectivity index (χ1n) is 8.50. The molecule has 0 bridgehead atoms. The molecule has 1 atom stereocenters. The van der Waals surface area contributed by atoms with Crippen molar-refractivity contribution in [3.8, 4) is 5.75 Å². The second-order valence-corrected chi connectivity index (χ2v) is 6.38. The molecule has 1 amide bonds. The molecule has 1 aromatic carbocycles. The lowest BCUT2D eigenvalue weighted by molar-refractivity contribution is -0.132. The van der Waals surface area contributed by atoms with Crippen LogP contribution in [0.5, 0.6) is 5.75 Å². The van der Waals surface area contributed by atoms with Gasteiger partial charge in [0.15, 0.2) is 0 Å². The lowest BCUT2D eigenvalue weighted by Crippen LogP contribution is -2.56. The van der Waals surface area contributed by atoms with E-state index in [2.05, 4.69) is 15.7 Å². The standard InChI is InChI=1S/C18H23FN4O2.ClH/c1-14(13-25-16-5-2-4-15(19)12-16)22-17(24)18(6-9-20-10-7-18)23-11-3-8-21-23;/h2-5,8,11-12,14,20H,6-7,9-10,13H2,1H3,(H,22,24);1H. The zero-order chi connectivity index (χ0) is 17.7. The van der Waals surface area contributed by atoms with Crippen LogP contribution >= 0.6 is 12.4 Å². The van der Waals surface area contributed by atoms with E-state index in [1.54, 1.807) is 23.0 Å². The number of carbonyl (C=O) groups is 1. The first-order chi connectivity index (χ1) is 12.1. The lowest BCUT2D eigenvalue weighted by atomic mass is 9.87. The molecular weight excluding hydrogens is 359 g/mol. The number of ether oxygens (including phenoxy) is 1. The number of benzene rings is 1. The topological polar surface area (TPSA) is 68.2 Å². The molecule has 1 aliphatic heterocycles. The molecule has 2 aromatic rings. The van der Waals surface area contributed by atoms with Gasteiger partial charge in [-0.2, -0.15) is 5.10 Å². The molecule has 2 N–H and O–H groups in total. The van der Waals surface area contributed by atoms with Crippen molar-refractivity contribution in [3.05, 3.63) is 48.5 Å². The Labute approximate surface area is 158 Å². The van der Waals surface area contributed by atoms with Gasteiger partial charge in [0.25, 0.3) is 0 Å². The third-order valence-electron chi connectivity index (χ3n) is 4.47. The highest BCUT2D eigenvalue weighted by molar-refractivity contribution is 5.85. The van der Waals surface area contributed by atoms with Crippen molar-refractivity contribution in [2.24, 2.45) is 0 Å². The number of halogens is 2. The number of piperidine rings is 1. The molecule has 6 nitrogen and oxygen atoms in total. The monoisotopic (exact) mass is 382 g/mol. The first-order valence-corrected chi connectivity index (χ1v) is 8.50. The van der Waals surface area contributed by atoms with Crippen LogP contribution in [0.15, 0.2) is 42.7 Å². The van der Waals surface area contributed by atoms with Crippen LogP contribution in [-0.4, -0.2) is 41.4 Å². The highest BCUT2D eigenvalue weighted by atomic mass is 35.5. The fraction of sp³-hybridized carbons (Fsp3) is 0.444. The van der Waals surface area contributed by atoms with Crippen molar-refractivity contribution in [1.29, 1.82) is 0 Å². The van der Waals surface area contributed by atoms with E-state index >= 15 is 0 Å². The van der Waals surface area contributed by atoms with Crippen LogP contribution < -0.4 is 15.4 Å². The number of nitrogens with one attached hydrogen (secondary N) is 2. The van der Waals surface area contributed by atoms with E-state index in [-0.39, 0.29) is 36.8 Å². The van der Waals surface area contributed by atoms with Crippen molar-refractivity contribution in [2.75, 3.05) is 19.7 Å². The normalized spacial score (nSPS) is 17.0. The number of rotatable bonds is 6. The maximum absolute atomic E-state index is 13.2. The molecule has 0 radical (unpaired) electrons. The number of hydrogen-bond donors (Lipinski definition) is 2. The minimum absolute atomic E-state index is 0. The molecule has 2 heterocycles. The van der Waals surface area contributed by atoms with Gasteiger partial charge in [0.1, 0.15) is 23.7 Å². The number of carbonyl (C=O) groups excluding carboxylic acids is 1. The van der Waals surface area contributed by atoms with Gasteiger partial charge in [-0.25, -0.2) is 4.39 Å². The highest BCUT2D eigenvalue weighted by Gasteiger charge is 2.42. The average molecular weight is 383 g/mol. The van der Waals surface area contributed by atoms with Crippen molar-refractivity contribution >= 4 is 18.3 Å². The van der Waals surface area contributed by atoms with Gasteiger partial charge < -0.3 is 15.4 Å². The SMILES string of the molecule is CC(COc1cccc(F)c1)NC(=O)C1(n2cccn2)CCNCC1.Cl. The zero-order valence-electron chi connectivity index (χ0n) is 14.7. The quantitative estimate of drug-likeness (QED) is 0.803. The second-order valence-electron chi connectivity index (χ2n) is 6.38. The van der Waals surface area contributed by atoms with Gasteiger partial charge in [0, 0.05) is 18.5 Å². The lowest BCUT2D eigenvalue weighted by Gasteiger charge is -2.37. The van der Waals surface area contributed by atoms with Crippen LogP contribution in [0.2, 0.25) is 0 Å². The maximum Gasteiger partial charge on any atom is 0.248 e. The molecule has 8 heteroatoms. The largest absolute Gasteiger partial charge is 0.491 e. The summed E-state index contributed by atoms with van der Waals surface area (Å²) in [7, 11) is 0. The Bertz CT molecular complexity index is 705. The summed E-state index contributed by atoms with van der Waals surface area (Å²) >= 11 is 0. The minimum atomic E-state index is -0.679. The van der Waals surface area contributed by atoms with E-state index in [0.717, 1.165) is 13.1 Å². The Hall–Kier alpha value is -2.12. The summed E-state index contributed by atoms with van der Waals surface area (Å²) < 4.78 is 20.5. The smallest absolute Gasteiger partial charge is 0.248 e. The molecule has 1 aromatic heterocycles. The summed E-state index contributed by atoms with van der Waals surface area (Å²) in [4.78, 5) is 13.0. The highest BCUT2D eigenvalue weighted by Crippen LogP contribution is 2.27. The van der Waals surface area contributed by atoms with E-state index in [9.17, 15) is 9.18 Å².